The predicted octanol–water partition coefficient (Wildman–Crippen LogP) is 3.00. The van der Waals surface area contributed by atoms with Gasteiger partial charge in [0.15, 0.2) is 0 Å². The summed E-state index contributed by atoms with van der Waals surface area (Å²) in [6, 6.07) is 10.3. The van der Waals surface area contributed by atoms with Crippen LogP contribution >= 0.6 is 11.5 Å². The van der Waals surface area contributed by atoms with E-state index in [0.29, 0.717) is 0 Å². The third kappa shape index (κ3) is 2.18. The van der Waals surface area contributed by atoms with Crippen LogP contribution in [0.25, 0.3) is 0 Å². The summed E-state index contributed by atoms with van der Waals surface area (Å²) in [6.45, 7) is 2.04. The molecule has 78 valence electrons. The van der Waals surface area contributed by atoms with E-state index >= 15 is 0 Å². The van der Waals surface area contributed by atoms with Crippen LogP contribution in [0.1, 0.15) is 22.9 Å². The quantitative estimate of drug-likeness (QED) is 0.860. The normalized spacial score (nSPS) is 10.5. The number of rotatable bonds is 3. The third-order valence-electron chi connectivity index (χ3n) is 2.41. The Balaban J connectivity index is 2.25. The second-order valence-corrected chi connectivity index (χ2v) is 4.28. The largest absolute Gasteiger partial charge is 0.492 e. The summed E-state index contributed by atoms with van der Waals surface area (Å²) in [5.41, 5.74) is 2.25. The van der Waals surface area contributed by atoms with Crippen LogP contribution in [0.2, 0.25) is 0 Å². The van der Waals surface area contributed by atoms with E-state index in [4.69, 9.17) is 0 Å². The van der Waals surface area contributed by atoms with Gasteiger partial charge in [0, 0.05) is 16.9 Å². The molecule has 0 fully saturated rings. The molecular formula is C12H13NOS. The van der Waals surface area contributed by atoms with Gasteiger partial charge in [-0.2, -0.15) is 4.37 Å². The van der Waals surface area contributed by atoms with Crippen molar-refractivity contribution < 1.29 is 5.11 Å². The molecule has 1 heterocycles. The minimum absolute atomic E-state index is 0.202. The molecule has 1 N–H and O–H groups in total. The van der Waals surface area contributed by atoms with Crippen LogP contribution in [0.5, 0.6) is 5.88 Å². The fraction of sp³-hybridized carbons (Fsp3) is 0.250. The molecule has 0 bridgehead atoms. The molecule has 3 heteroatoms. The summed E-state index contributed by atoms with van der Waals surface area (Å²) >= 11 is 1.40. The predicted molar refractivity (Wildman–Crippen MR) is 62.4 cm³/mol. The van der Waals surface area contributed by atoms with E-state index < -0.39 is 0 Å². The van der Waals surface area contributed by atoms with E-state index in [9.17, 15) is 5.11 Å². The second-order valence-electron chi connectivity index (χ2n) is 3.42. The number of hydrogen-bond acceptors (Lipinski definition) is 3. The average Bonchev–Trinajstić information content (AvgIpc) is 2.61. The highest BCUT2D eigenvalue weighted by atomic mass is 32.1. The molecule has 0 spiro atoms. The van der Waals surface area contributed by atoms with Crippen molar-refractivity contribution in [2.24, 2.45) is 0 Å². The highest BCUT2D eigenvalue weighted by Crippen LogP contribution is 2.26. The van der Waals surface area contributed by atoms with Crippen LogP contribution in [-0.2, 0) is 12.8 Å². The topological polar surface area (TPSA) is 33.1 Å². The van der Waals surface area contributed by atoms with Crippen LogP contribution < -0.4 is 0 Å². The summed E-state index contributed by atoms with van der Waals surface area (Å²) in [6.07, 6.45) is 1.70. The van der Waals surface area contributed by atoms with E-state index in [0.717, 1.165) is 18.4 Å². The Morgan fingerprint density at radius 1 is 1.27 bits per heavy atom. The Morgan fingerprint density at radius 3 is 2.67 bits per heavy atom. The number of benzene rings is 1. The summed E-state index contributed by atoms with van der Waals surface area (Å²) < 4.78 is 3.98. The maximum Gasteiger partial charge on any atom is 0.226 e. The fourth-order valence-corrected chi connectivity index (χ4v) is 2.49. The summed E-state index contributed by atoms with van der Waals surface area (Å²) in [5, 5.41) is 9.51. The summed E-state index contributed by atoms with van der Waals surface area (Å²) in [5.74, 6) is 0.202. The molecule has 0 aliphatic carbocycles. The van der Waals surface area contributed by atoms with E-state index in [2.05, 4.69) is 16.5 Å². The molecule has 0 amide bonds. The SMILES string of the molecule is CCc1c(O)nsc1Cc1ccccc1. The van der Waals surface area contributed by atoms with Crippen molar-refractivity contribution in [3.05, 3.63) is 46.3 Å². The van der Waals surface area contributed by atoms with Gasteiger partial charge in [-0.1, -0.05) is 37.3 Å². The van der Waals surface area contributed by atoms with Crippen molar-refractivity contribution >= 4 is 11.5 Å². The van der Waals surface area contributed by atoms with Crippen LogP contribution in [0.15, 0.2) is 30.3 Å². The molecular weight excluding hydrogens is 206 g/mol. The molecule has 2 aromatic rings. The van der Waals surface area contributed by atoms with E-state index in [1.165, 1.54) is 22.0 Å². The van der Waals surface area contributed by atoms with Crippen molar-refractivity contribution in [2.75, 3.05) is 0 Å². The lowest BCUT2D eigenvalue weighted by atomic mass is 10.1. The maximum absolute atomic E-state index is 9.51. The number of aromatic nitrogens is 1. The Hall–Kier alpha value is -1.35. The number of aromatic hydroxyl groups is 1. The first-order chi connectivity index (χ1) is 7.31. The van der Waals surface area contributed by atoms with Crippen molar-refractivity contribution in [3.63, 3.8) is 0 Å². The summed E-state index contributed by atoms with van der Waals surface area (Å²) in [4.78, 5) is 1.17. The first kappa shape index (κ1) is 10.2. The first-order valence-corrected chi connectivity index (χ1v) is 5.79. The van der Waals surface area contributed by atoms with Gasteiger partial charge in [-0.25, -0.2) is 0 Å². The van der Waals surface area contributed by atoms with Crippen molar-refractivity contribution in [3.8, 4) is 5.88 Å². The van der Waals surface area contributed by atoms with Gasteiger partial charge >= 0.3 is 0 Å². The number of hydrogen-bond donors (Lipinski definition) is 1. The smallest absolute Gasteiger partial charge is 0.226 e. The molecule has 0 aliphatic heterocycles. The van der Waals surface area contributed by atoms with Gasteiger partial charge < -0.3 is 5.11 Å². The molecule has 0 unspecified atom stereocenters. The molecule has 2 rings (SSSR count). The monoisotopic (exact) mass is 219 g/mol. The van der Waals surface area contributed by atoms with Crippen LogP contribution in [0, 0.1) is 0 Å². The molecule has 0 radical (unpaired) electrons. The zero-order chi connectivity index (χ0) is 10.7. The lowest BCUT2D eigenvalue weighted by molar-refractivity contribution is 0.453. The first-order valence-electron chi connectivity index (χ1n) is 5.01. The summed E-state index contributed by atoms with van der Waals surface area (Å²) in [7, 11) is 0. The fourth-order valence-electron chi connectivity index (χ4n) is 1.61. The zero-order valence-corrected chi connectivity index (χ0v) is 9.42. The van der Waals surface area contributed by atoms with Gasteiger partial charge in [0.25, 0.3) is 0 Å². The van der Waals surface area contributed by atoms with Gasteiger partial charge in [0.2, 0.25) is 5.88 Å². The van der Waals surface area contributed by atoms with Gasteiger partial charge in [0.1, 0.15) is 0 Å². The standard InChI is InChI=1S/C12H13NOS/c1-2-10-11(15-13-12(10)14)8-9-6-4-3-5-7-9/h3-7H,2,8H2,1H3,(H,13,14). The lowest BCUT2D eigenvalue weighted by Gasteiger charge is -2.00. The minimum atomic E-state index is 0.202. The maximum atomic E-state index is 9.51. The van der Waals surface area contributed by atoms with Gasteiger partial charge in [0.05, 0.1) is 0 Å². The van der Waals surface area contributed by atoms with Crippen LogP contribution in [-0.4, -0.2) is 9.48 Å². The molecule has 2 nitrogen and oxygen atoms in total. The van der Waals surface area contributed by atoms with Crippen molar-refractivity contribution in [1.29, 1.82) is 0 Å². The molecule has 1 aromatic heterocycles. The third-order valence-corrected chi connectivity index (χ3v) is 3.29. The highest BCUT2D eigenvalue weighted by molar-refractivity contribution is 7.06. The average molecular weight is 219 g/mol. The number of nitrogens with zero attached hydrogens (tertiary/aromatic N) is 1. The molecule has 1 aromatic carbocycles. The van der Waals surface area contributed by atoms with Crippen LogP contribution in [0.3, 0.4) is 0 Å². The van der Waals surface area contributed by atoms with Crippen LogP contribution in [0.4, 0.5) is 0 Å². The van der Waals surface area contributed by atoms with Gasteiger partial charge in [-0.3, -0.25) is 0 Å². The Morgan fingerprint density at radius 2 is 2.00 bits per heavy atom. The van der Waals surface area contributed by atoms with E-state index in [1.54, 1.807) is 0 Å². The Kier molecular flexibility index (Phi) is 3.02. The molecule has 0 saturated carbocycles. The lowest BCUT2D eigenvalue weighted by Crippen LogP contribution is -1.89. The van der Waals surface area contributed by atoms with Crippen molar-refractivity contribution in [2.45, 2.75) is 19.8 Å². The minimum Gasteiger partial charge on any atom is -0.492 e. The Bertz CT molecular complexity index is 436. The van der Waals surface area contributed by atoms with Gasteiger partial charge in [-0.05, 0) is 23.5 Å². The molecule has 0 atom stereocenters. The highest BCUT2D eigenvalue weighted by Gasteiger charge is 2.10. The van der Waals surface area contributed by atoms with E-state index in [1.807, 2.05) is 25.1 Å². The molecule has 15 heavy (non-hydrogen) atoms. The van der Waals surface area contributed by atoms with E-state index in [-0.39, 0.29) is 5.88 Å². The molecule has 0 aliphatic rings. The second kappa shape index (κ2) is 4.45. The van der Waals surface area contributed by atoms with Crippen molar-refractivity contribution in [1.82, 2.24) is 4.37 Å². The zero-order valence-electron chi connectivity index (χ0n) is 8.60. The molecule has 0 saturated heterocycles. The Labute approximate surface area is 93.4 Å². The van der Waals surface area contributed by atoms with Gasteiger partial charge in [-0.15, -0.1) is 0 Å².